The number of likely N-dealkylation sites (N-methyl/N-ethyl adjacent to an activating group) is 1. The van der Waals surface area contributed by atoms with Crippen LogP contribution in [0.5, 0.6) is 0 Å². The summed E-state index contributed by atoms with van der Waals surface area (Å²) in [5, 5.41) is 8.45. The summed E-state index contributed by atoms with van der Waals surface area (Å²) in [4.78, 5) is 2.40. The Balaban J connectivity index is 2.21. The summed E-state index contributed by atoms with van der Waals surface area (Å²) in [5.41, 5.74) is 4.09. The van der Waals surface area contributed by atoms with Gasteiger partial charge in [-0.25, -0.2) is 0 Å². The van der Waals surface area contributed by atoms with Crippen LogP contribution in [-0.2, 0) is 13.0 Å². The summed E-state index contributed by atoms with van der Waals surface area (Å²) in [6, 6.07) is 4.97. The Hall–Kier alpha value is -1.35. The normalized spacial score (nSPS) is 21.9. The predicted octanol–water partition coefficient (Wildman–Crippen LogP) is 1.94. The van der Waals surface area contributed by atoms with Crippen LogP contribution in [0.2, 0.25) is 0 Å². The average molecular weight is 201 g/mol. The minimum Gasteiger partial charge on any atom is -0.299 e. The van der Waals surface area contributed by atoms with Crippen molar-refractivity contribution >= 4 is 10.9 Å². The van der Waals surface area contributed by atoms with E-state index in [1.54, 1.807) is 0 Å². The number of aromatic amines is 1. The molecule has 15 heavy (non-hydrogen) atoms. The predicted molar refractivity (Wildman–Crippen MR) is 60.7 cm³/mol. The molecule has 78 valence electrons. The molecule has 1 aromatic heterocycles. The second-order valence-corrected chi connectivity index (χ2v) is 4.50. The molecular weight excluding hydrogens is 186 g/mol. The Bertz CT molecular complexity index is 501. The van der Waals surface area contributed by atoms with Gasteiger partial charge in [-0.1, -0.05) is 6.07 Å². The molecule has 1 aromatic carbocycles. The third-order valence-electron chi connectivity index (χ3n) is 3.50. The van der Waals surface area contributed by atoms with Crippen molar-refractivity contribution in [1.29, 1.82) is 0 Å². The molecule has 1 N–H and O–H groups in total. The van der Waals surface area contributed by atoms with E-state index in [1.807, 2.05) is 6.20 Å². The fraction of sp³-hybridized carbons (Fsp3) is 0.417. The van der Waals surface area contributed by atoms with Gasteiger partial charge in [0, 0.05) is 18.0 Å². The summed E-state index contributed by atoms with van der Waals surface area (Å²) in [5.74, 6) is 0. The van der Waals surface area contributed by atoms with E-state index in [2.05, 4.69) is 41.2 Å². The first kappa shape index (κ1) is 8.92. The first-order valence-corrected chi connectivity index (χ1v) is 5.40. The van der Waals surface area contributed by atoms with Crippen LogP contribution in [0.3, 0.4) is 0 Å². The molecule has 0 aliphatic carbocycles. The molecule has 3 nitrogen and oxygen atoms in total. The zero-order valence-corrected chi connectivity index (χ0v) is 9.12. The molecule has 1 atom stereocenters. The lowest BCUT2D eigenvalue weighted by Crippen LogP contribution is -2.35. The molecule has 0 spiro atoms. The van der Waals surface area contributed by atoms with E-state index >= 15 is 0 Å². The standard InChI is InChI=1S/C12H15N3/c1-8-5-10-9(7-15(8)2)3-4-12-11(10)6-13-14-12/h3-4,6,8H,5,7H2,1-2H3,(H,13,14). The Morgan fingerprint density at radius 1 is 1.47 bits per heavy atom. The SMILES string of the molecule is CC1Cc2c(ccc3[nH]ncc23)CN1C. The number of benzene rings is 1. The van der Waals surface area contributed by atoms with E-state index in [0.29, 0.717) is 6.04 Å². The van der Waals surface area contributed by atoms with Crippen LogP contribution >= 0.6 is 0 Å². The lowest BCUT2D eigenvalue weighted by molar-refractivity contribution is 0.232. The van der Waals surface area contributed by atoms with E-state index in [4.69, 9.17) is 0 Å². The van der Waals surface area contributed by atoms with Gasteiger partial charge in [0.2, 0.25) is 0 Å². The molecule has 1 aliphatic rings. The molecule has 0 bridgehead atoms. The molecule has 3 heteroatoms. The maximum Gasteiger partial charge on any atom is 0.0653 e. The summed E-state index contributed by atoms with van der Waals surface area (Å²) in [6.07, 6.45) is 3.08. The third kappa shape index (κ3) is 1.27. The molecular formula is C12H15N3. The van der Waals surface area contributed by atoms with Gasteiger partial charge in [-0.15, -0.1) is 0 Å². The number of hydrogen-bond donors (Lipinski definition) is 1. The van der Waals surface area contributed by atoms with Gasteiger partial charge in [0.15, 0.2) is 0 Å². The fourth-order valence-corrected chi connectivity index (χ4v) is 2.39. The molecule has 0 saturated heterocycles. The number of H-pyrrole nitrogens is 1. The molecule has 3 rings (SSSR count). The minimum atomic E-state index is 0.623. The zero-order chi connectivity index (χ0) is 10.4. The van der Waals surface area contributed by atoms with Crippen molar-refractivity contribution in [3.63, 3.8) is 0 Å². The van der Waals surface area contributed by atoms with E-state index in [9.17, 15) is 0 Å². The summed E-state index contributed by atoms with van der Waals surface area (Å²) in [6.45, 7) is 3.33. The van der Waals surface area contributed by atoms with Crippen LogP contribution < -0.4 is 0 Å². The summed E-state index contributed by atoms with van der Waals surface area (Å²) >= 11 is 0. The second kappa shape index (κ2) is 3.07. The largest absolute Gasteiger partial charge is 0.299 e. The Labute approximate surface area is 89.1 Å². The Morgan fingerprint density at radius 2 is 2.33 bits per heavy atom. The van der Waals surface area contributed by atoms with E-state index < -0.39 is 0 Å². The molecule has 1 unspecified atom stereocenters. The topological polar surface area (TPSA) is 31.9 Å². The second-order valence-electron chi connectivity index (χ2n) is 4.50. The lowest BCUT2D eigenvalue weighted by atomic mass is 9.92. The van der Waals surface area contributed by atoms with Gasteiger partial charge < -0.3 is 0 Å². The van der Waals surface area contributed by atoms with Crippen LogP contribution in [-0.4, -0.2) is 28.2 Å². The Morgan fingerprint density at radius 3 is 3.20 bits per heavy atom. The van der Waals surface area contributed by atoms with Crippen LogP contribution in [0.25, 0.3) is 10.9 Å². The minimum absolute atomic E-state index is 0.623. The van der Waals surface area contributed by atoms with Crippen LogP contribution in [0, 0.1) is 0 Å². The smallest absolute Gasteiger partial charge is 0.0653 e. The highest BCUT2D eigenvalue weighted by Crippen LogP contribution is 2.28. The fourth-order valence-electron chi connectivity index (χ4n) is 2.39. The molecule has 0 amide bonds. The average Bonchev–Trinajstić information content (AvgIpc) is 2.68. The highest BCUT2D eigenvalue weighted by Gasteiger charge is 2.21. The van der Waals surface area contributed by atoms with Crippen molar-refractivity contribution in [2.75, 3.05) is 7.05 Å². The maximum atomic E-state index is 4.11. The van der Waals surface area contributed by atoms with Crippen molar-refractivity contribution in [2.45, 2.75) is 25.9 Å². The van der Waals surface area contributed by atoms with E-state index in [0.717, 1.165) is 18.5 Å². The number of hydrogen-bond acceptors (Lipinski definition) is 2. The van der Waals surface area contributed by atoms with E-state index in [-0.39, 0.29) is 0 Å². The van der Waals surface area contributed by atoms with Crippen molar-refractivity contribution in [3.8, 4) is 0 Å². The van der Waals surface area contributed by atoms with Gasteiger partial charge in [-0.3, -0.25) is 10.00 Å². The lowest BCUT2D eigenvalue weighted by Gasteiger charge is -2.31. The van der Waals surface area contributed by atoms with Gasteiger partial charge in [0.25, 0.3) is 0 Å². The number of rotatable bonds is 0. The third-order valence-corrected chi connectivity index (χ3v) is 3.50. The number of fused-ring (bicyclic) bond motifs is 3. The van der Waals surface area contributed by atoms with Crippen molar-refractivity contribution in [1.82, 2.24) is 15.1 Å². The van der Waals surface area contributed by atoms with E-state index in [1.165, 1.54) is 16.5 Å². The summed E-state index contributed by atoms with van der Waals surface area (Å²) in [7, 11) is 2.19. The van der Waals surface area contributed by atoms with Crippen molar-refractivity contribution < 1.29 is 0 Å². The van der Waals surface area contributed by atoms with Crippen LogP contribution in [0.1, 0.15) is 18.1 Å². The highest BCUT2D eigenvalue weighted by atomic mass is 15.1. The zero-order valence-electron chi connectivity index (χ0n) is 9.12. The van der Waals surface area contributed by atoms with Crippen molar-refractivity contribution in [3.05, 3.63) is 29.5 Å². The maximum absolute atomic E-state index is 4.11. The molecule has 0 saturated carbocycles. The van der Waals surface area contributed by atoms with Crippen LogP contribution in [0.4, 0.5) is 0 Å². The van der Waals surface area contributed by atoms with Gasteiger partial charge in [0.05, 0.1) is 11.7 Å². The van der Waals surface area contributed by atoms with Crippen LogP contribution in [0.15, 0.2) is 18.3 Å². The first-order chi connectivity index (χ1) is 7.25. The molecule has 0 radical (unpaired) electrons. The molecule has 2 heterocycles. The number of aromatic nitrogens is 2. The Kier molecular flexibility index (Phi) is 1.83. The van der Waals surface area contributed by atoms with Gasteiger partial charge >= 0.3 is 0 Å². The number of nitrogens with zero attached hydrogens (tertiary/aromatic N) is 2. The molecule has 2 aromatic rings. The van der Waals surface area contributed by atoms with Crippen molar-refractivity contribution in [2.24, 2.45) is 0 Å². The monoisotopic (exact) mass is 201 g/mol. The van der Waals surface area contributed by atoms with Gasteiger partial charge in [0.1, 0.15) is 0 Å². The first-order valence-electron chi connectivity index (χ1n) is 5.40. The van der Waals surface area contributed by atoms with Gasteiger partial charge in [-0.2, -0.15) is 5.10 Å². The molecule has 0 fully saturated rings. The number of nitrogens with one attached hydrogen (secondary N) is 1. The summed E-state index contributed by atoms with van der Waals surface area (Å²) < 4.78 is 0. The van der Waals surface area contributed by atoms with Gasteiger partial charge in [-0.05, 0) is 37.6 Å². The quantitative estimate of drug-likeness (QED) is 0.706. The highest BCUT2D eigenvalue weighted by molar-refractivity contribution is 5.83. The molecule has 1 aliphatic heterocycles.